The largest absolute Gasteiger partial charge is 0.480 e. The average Bonchev–Trinajstić information content (AvgIpc) is 2.71. The van der Waals surface area contributed by atoms with Crippen molar-refractivity contribution >= 4 is 35.1 Å². The first-order valence-electron chi connectivity index (χ1n) is 4.47. The third-order valence-corrected chi connectivity index (χ3v) is 2.84. The van der Waals surface area contributed by atoms with Gasteiger partial charge in [0.25, 0.3) is 0 Å². The van der Waals surface area contributed by atoms with Gasteiger partial charge in [-0.25, -0.2) is 9.79 Å². The van der Waals surface area contributed by atoms with E-state index in [4.69, 9.17) is 33.0 Å². The normalized spacial score (nSPS) is 19.1. The Morgan fingerprint density at radius 1 is 1.44 bits per heavy atom. The molecule has 0 aromatic heterocycles. The number of carboxylic acids is 1. The summed E-state index contributed by atoms with van der Waals surface area (Å²) in [7, 11) is 0. The molecule has 1 N–H and O–H groups in total. The Morgan fingerprint density at radius 2 is 2.19 bits per heavy atom. The van der Waals surface area contributed by atoms with Crippen LogP contribution in [-0.2, 0) is 9.53 Å². The van der Waals surface area contributed by atoms with Crippen LogP contribution >= 0.6 is 23.2 Å². The number of ether oxygens (including phenoxy) is 1. The summed E-state index contributed by atoms with van der Waals surface area (Å²) in [4.78, 5) is 14.6. The van der Waals surface area contributed by atoms with E-state index in [9.17, 15) is 4.79 Å². The molecule has 1 atom stereocenters. The summed E-state index contributed by atoms with van der Waals surface area (Å²) in [5, 5.41) is 9.55. The second kappa shape index (κ2) is 4.31. The number of hydrogen-bond donors (Lipinski definition) is 1. The summed E-state index contributed by atoms with van der Waals surface area (Å²) in [5.74, 6) is -0.721. The molecule has 0 bridgehead atoms. The van der Waals surface area contributed by atoms with E-state index in [1.807, 2.05) is 0 Å². The predicted molar refractivity (Wildman–Crippen MR) is 60.4 cm³/mol. The average molecular weight is 260 g/mol. The molecule has 1 aliphatic rings. The molecule has 84 valence electrons. The van der Waals surface area contributed by atoms with Crippen molar-refractivity contribution in [1.29, 1.82) is 0 Å². The maximum absolute atomic E-state index is 10.7. The first kappa shape index (κ1) is 11.2. The molecule has 0 amide bonds. The first-order valence-corrected chi connectivity index (χ1v) is 5.22. The summed E-state index contributed by atoms with van der Waals surface area (Å²) in [6, 6.07) is 4.04. The number of aliphatic imine (C=N–C) groups is 1. The highest BCUT2D eigenvalue weighted by atomic mass is 35.5. The molecule has 2 rings (SSSR count). The van der Waals surface area contributed by atoms with Gasteiger partial charge in [0.1, 0.15) is 6.61 Å². The number of carboxylic acid groups (broad SMARTS) is 1. The number of aliphatic carboxylic acids is 1. The van der Waals surface area contributed by atoms with Crippen LogP contribution in [0.5, 0.6) is 0 Å². The second-order valence-electron chi connectivity index (χ2n) is 3.23. The number of carbonyl (C=O) groups is 1. The van der Waals surface area contributed by atoms with E-state index < -0.39 is 12.0 Å². The van der Waals surface area contributed by atoms with Gasteiger partial charge in [0.2, 0.25) is 5.90 Å². The third kappa shape index (κ3) is 2.13. The topological polar surface area (TPSA) is 58.9 Å². The fourth-order valence-corrected chi connectivity index (χ4v) is 1.59. The number of halogens is 2. The zero-order chi connectivity index (χ0) is 11.7. The third-order valence-electron chi connectivity index (χ3n) is 2.10. The van der Waals surface area contributed by atoms with Crippen LogP contribution in [-0.4, -0.2) is 29.6 Å². The second-order valence-corrected chi connectivity index (χ2v) is 4.04. The van der Waals surface area contributed by atoms with E-state index in [1.165, 1.54) is 0 Å². The van der Waals surface area contributed by atoms with Crippen molar-refractivity contribution in [2.75, 3.05) is 6.61 Å². The van der Waals surface area contributed by atoms with Gasteiger partial charge in [0.15, 0.2) is 6.04 Å². The Bertz CT molecular complexity index is 473. The molecule has 1 aromatic carbocycles. The summed E-state index contributed by atoms with van der Waals surface area (Å²) in [6.07, 6.45) is 0. The Labute approximate surface area is 101 Å². The lowest BCUT2D eigenvalue weighted by Gasteiger charge is -2.02. The summed E-state index contributed by atoms with van der Waals surface area (Å²) >= 11 is 11.6. The standard InChI is InChI=1S/C10H7Cl2NO3/c11-6-2-1-5(3-7(6)12)9-13-8(4-16-9)10(14)15/h1-3,8H,4H2,(H,14,15). The summed E-state index contributed by atoms with van der Waals surface area (Å²) < 4.78 is 5.18. The Morgan fingerprint density at radius 3 is 2.75 bits per heavy atom. The molecular weight excluding hydrogens is 253 g/mol. The summed E-state index contributed by atoms with van der Waals surface area (Å²) in [5.41, 5.74) is 0.623. The minimum absolute atomic E-state index is 0.0465. The molecule has 4 nitrogen and oxygen atoms in total. The molecule has 0 radical (unpaired) electrons. The highest BCUT2D eigenvalue weighted by Crippen LogP contribution is 2.24. The number of nitrogens with zero attached hydrogens (tertiary/aromatic N) is 1. The Hall–Kier alpha value is -1.26. The lowest BCUT2D eigenvalue weighted by molar-refractivity contribution is -0.138. The molecule has 1 unspecified atom stereocenters. The molecule has 1 heterocycles. The summed E-state index contributed by atoms with van der Waals surface area (Å²) in [6.45, 7) is 0.0465. The monoisotopic (exact) mass is 259 g/mol. The highest BCUT2D eigenvalue weighted by molar-refractivity contribution is 6.42. The molecular formula is C10H7Cl2NO3. The van der Waals surface area contributed by atoms with E-state index in [0.29, 0.717) is 15.6 Å². The van der Waals surface area contributed by atoms with Crippen molar-refractivity contribution < 1.29 is 14.6 Å². The van der Waals surface area contributed by atoms with E-state index in [1.54, 1.807) is 18.2 Å². The minimum atomic E-state index is -1.00. The Balaban J connectivity index is 2.29. The SMILES string of the molecule is O=C(O)C1COC(c2ccc(Cl)c(Cl)c2)=N1. The minimum Gasteiger partial charge on any atom is -0.480 e. The van der Waals surface area contributed by atoms with Crippen molar-refractivity contribution in [2.24, 2.45) is 4.99 Å². The van der Waals surface area contributed by atoms with Crippen LogP contribution in [0.4, 0.5) is 0 Å². The van der Waals surface area contributed by atoms with Gasteiger partial charge in [-0.3, -0.25) is 0 Å². The zero-order valence-corrected chi connectivity index (χ0v) is 9.50. The maximum Gasteiger partial charge on any atom is 0.332 e. The molecule has 0 spiro atoms. The number of benzene rings is 1. The van der Waals surface area contributed by atoms with E-state index in [-0.39, 0.29) is 12.5 Å². The van der Waals surface area contributed by atoms with Gasteiger partial charge in [0, 0.05) is 5.56 Å². The molecule has 0 aliphatic carbocycles. The van der Waals surface area contributed by atoms with Gasteiger partial charge in [-0.1, -0.05) is 23.2 Å². The van der Waals surface area contributed by atoms with Gasteiger partial charge >= 0.3 is 5.97 Å². The predicted octanol–water partition coefficient (Wildman–Crippen LogP) is 2.22. The number of rotatable bonds is 2. The lowest BCUT2D eigenvalue weighted by Crippen LogP contribution is -2.18. The van der Waals surface area contributed by atoms with Crippen LogP contribution in [0.1, 0.15) is 5.56 Å². The van der Waals surface area contributed by atoms with Crippen molar-refractivity contribution in [3.05, 3.63) is 33.8 Å². The quantitative estimate of drug-likeness (QED) is 0.886. The van der Waals surface area contributed by atoms with Crippen molar-refractivity contribution in [3.63, 3.8) is 0 Å². The smallest absolute Gasteiger partial charge is 0.332 e. The van der Waals surface area contributed by atoms with Crippen LogP contribution < -0.4 is 0 Å². The fraction of sp³-hybridized carbons (Fsp3) is 0.200. The van der Waals surface area contributed by atoms with Gasteiger partial charge in [0.05, 0.1) is 10.0 Å². The molecule has 0 fully saturated rings. The Kier molecular flexibility index (Phi) is 3.03. The molecule has 1 aromatic rings. The molecule has 1 aliphatic heterocycles. The van der Waals surface area contributed by atoms with Gasteiger partial charge < -0.3 is 9.84 Å². The molecule has 0 saturated heterocycles. The molecule has 6 heteroatoms. The van der Waals surface area contributed by atoms with Crippen LogP contribution in [0, 0.1) is 0 Å². The van der Waals surface area contributed by atoms with Gasteiger partial charge in [-0.2, -0.15) is 0 Å². The number of hydrogen-bond acceptors (Lipinski definition) is 3. The maximum atomic E-state index is 10.7. The van der Waals surface area contributed by atoms with Gasteiger partial charge in [-0.05, 0) is 18.2 Å². The van der Waals surface area contributed by atoms with Crippen molar-refractivity contribution in [3.8, 4) is 0 Å². The van der Waals surface area contributed by atoms with Crippen LogP contribution in [0.3, 0.4) is 0 Å². The molecule has 0 saturated carbocycles. The molecule has 16 heavy (non-hydrogen) atoms. The zero-order valence-electron chi connectivity index (χ0n) is 7.98. The van der Waals surface area contributed by atoms with Crippen molar-refractivity contribution in [2.45, 2.75) is 6.04 Å². The fourth-order valence-electron chi connectivity index (χ4n) is 1.29. The first-order chi connectivity index (χ1) is 7.58. The van der Waals surface area contributed by atoms with Crippen LogP contribution in [0.2, 0.25) is 10.0 Å². The highest BCUT2D eigenvalue weighted by Gasteiger charge is 2.26. The van der Waals surface area contributed by atoms with E-state index >= 15 is 0 Å². The van der Waals surface area contributed by atoms with E-state index in [2.05, 4.69) is 4.99 Å². The lowest BCUT2D eigenvalue weighted by atomic mass is 10.2. The van der Waals surface area contributed by atoms with Gasteiger partial charge in [-0.15, -0.1) is 0 Å². The van der Waals surface area contributed by atoms with Crippen LogP contribution in [0.15, 0.2) is 23.2 Å². The van der Waals surface area contributed by atoms with Crippen molar-refractivity contribution in [1.82, 2.24) is 0 Å². The van der Waals surface area contributed by atoms with Crippen LogP contribution in [0.25, 0.3) is 0 Å². The van der Waals surface area contributed by atoms with E-state index in [0.717, 1.165) is 0 Å².